The van der Waals surface area contributed by atoms with E-state index in [4.69, 9.17) is 32.4 Å². The van der Waals surface area contributed by atoms with Gasteiger partial charge in [0.2, 0.25) is 0 Å². The van der Waals surface area contributed by atoms with E-state index in [0.717, 1.165) is 0 Å². The predicted octanol–water partition coefficient (Wildman–Crippen LogP) is 4.69. The van der Waals surface area contributed by atoms with Gasteiger partial charge in [-0.1, -0.05) is 29.3 Å². The maximum Gasteiger partial charge on any atom is 0.363 e. The number of esters is 1. The van der Waals surface area contributed by atoms with Crippen LogP contribution in [-0.2, 0) is 9.53 Å². The largest absolute Gasteiger partial charge is 0.444 e. The van der Waals surface area contributed by atoms with Crippen molar-refractivity contribution in [1.82, 2.24) is 0 Å². The van der Waals surface area contributed by atoms with Crippen molar-refractivity contribution < 1.29 is 13.9 Å². The number of hydrogen-bond acceptors (Lipinski definition) is 4. The molecule has 1 aromatic carbocycles. The molecule has 0 N–H and O–H groups in total. The van der Waals surface area contributed by atoms with Crippen LogP contribution in [-0.4, -0.2) is 11.9 Å². The van der Waals surface area contributed by atoms with Gasteiger partial charge in [0.25, 0.3) is 5.90 Å². The van der Waals surface area contributed by atoms with Crippen molar-refractivity contribution in [3.63, 3.8) is 0 Å². The van der Waals surface area contributed by atoms with Crippen LogP contribution in [0.5, 0.6) is 0 Å². The highest BCUT2D eigenvalue weighted by molar-refractivity contribution is 9.10. The van der Waals surface area contributed by atoms with Gasteiger partial charge in [0.1, 0.15) is 0 Å². The second-order valence-corrected chi connectivity index (χ2v) is 5.71. The lowest BCUT2D eigenvalue weighted by molar-refractivity contribution is -0.130. The Morgan fingerprint density at radius 3 is 2.62 bits per heavy atom. The minimum Gasteiger partial charge on any atom is -0.444 e. The topological polar surface area (TPSA) is 51.8 Å². The van der Waals surface area contributed by atoms with Crippen molar-refractivity contribution >= 4 is 57.1 Å². The summed E-state index contributed by atoms with van der Waals surface area (Å²) in [6.45, 7) is 0. The van der Waals surface area contributed by atoms with Crippen LogP contribution in [0.1, 0.15) is 11.3 Å². The molecular weight excluding hydrogens is 381 g/mol. The SMILES string of the molecule is O=C1OC(c2ccc(Br)o2)=N/C1=C/c1ccc(Cl)c(Cl)c1. The number of furan rings is 1. The first-order valence-corrected chi connectivity index (χ1v) is 7.31. The molecule has 21 heavy (non-hydrogen) atoms. The summed E-state index contributed by atoms with van der Waals surface area (Å²) in [6.07, 6.45) is 1.57. The Bertz CT molecular complexity index is 795. The highest BCUT2D eigenvalue weighted by Gasteiger charge is 2.26. The lowest BCUT2D eigenvalue weighted by Gasteiger charge is -1.97. The van der Waals surface area contributed by atoms with E-state index in [1.807, 2.05) is 0 Å². The van der Waals surface area contributed by atoms with Crippen molar-refractivity contribution in [2.75, 3.05) is 0 Å². The van der Waals surface area contributed by atoms with Gasteiger partial charge in [-0.05, 0) is 51.8 Å². The Labute approximate surface area is 138 Å². The Morgan fingerprint density at radius 2 is 1.95 bits per heavy atom. The van der Waals surface area contributed by atoms with Crippen LogP contribution in [0.2, 0.25) is 10.0 Å². The van der Waals surface area contributed by atoms with Crippen molar-refractivity contribution in [3.05, 3.63) is 62.1 Å². The smallest absolute Gasteiger partial charge is 0.363 e. The fraction of sp³-hybridized carbons (Fsp3) is 0. The van der Waals surface area contributed by atoms with Crippen molar-refractivity contribution in [1.29, 1.82) is 0 Å². The van der Waals surface area contributed by atoms with E-state index in [2.05, 4.69) is 20.9 Å². The third-order valence-corrected chi connectivity index (χ3v) is 3.82. The second-order valence-electron chi connectivity index (χ2n) is 4.11. The summed E-state index contributed by atoms with van der Waals surface area (Å²) in [5, 5.41) is 0.842. The molecule has 7 heteroatoms. The fourth-order valence-corrected chi connectivity index (χ4v) is 2.32. The standard InChI is InChI=1S/C14H6BrCl2NO3/c15-12-4-3-11(20-12)13-18-10(14(19)21-13)6-7-1-2-8(16)9(17)5-7/h1-6H/b10-6+. The zero-order valence-corrected chi connectivity index (χ0v) is 13.4. The number of cyclic esters (lactones) is 1. The van der Waals surface area contributed by atoms with Gasteiger partial charge in [0.15, 0.2) is 16.1 Å². The minimum absolute atomic E-state index is 0.122. The number of rotatable bonds is 2. The van der Waals surface area contributed by atoms with E-state index in [9.17, 15) is 4.79 Å². The number of aliphatic imine (C=N–C) groups is 1. The van der Waals surface area contributed by atoms with Crippen LogP contribution in [0.4, 0.5) is 0 Å². The van der Waals surface area contributed by atoms with Crippen molar-refractivity contribution in [3.8, 4) is 0 Å². The average Bonchev–Trinajstić information content (AvgIpc) is 3.01. The molecule has 1 aliphatic heterocycles. The first kappa shape index (κ1) is 14.4. The minimum atomic E-state index is -0.552. The van der Waals surface area contributed by atoms with E-state index < -0.39 is 5.97 Å². The first-order chi connectivity index (χ1) is 10.0. The van der Waals surface area contributed by atoms with Gasteiger partial charge in [-0.15, -0.1) is 0 Å². The van der Waals surface area contributed by atoms with E-state index in [-0.39, 0.29) is 11.6 Å². The van der Waals surface area contributed by atoms with Gasteiger partial charge in [0, 0.05) is 0 Å². The van der Waals surface area contributed by atoms with Crippen LogP contribution >= 0.6 is 39.1 Å². The molecule has 0 saturated heterocycles. The lowest BCUT2D eigenvalue weighted by atomic mass is 10.2. The van der Waals surface area contributed by atoms with Crippen molar-refractivity contribution in [2.24, 2.45) is 4.99 Å². The third kappa shape index (κ3) is 3.05. The van der Waals surface area contributed by atoms with Crippen LogP contribution in [0.15, 0.2) is 50.1 Å². The zero-order chi connectivity index (χ0) is 15.0. The van der Waals surface area contributed by atoms with Crippen LogP contribution in [0.25, 0.3) is 6.08 Å². The number of benzene rings is 1. The quantitative estimate of drug-likeness (QED) is 0.555. The van der Waals surface area contributed by atoms with Crippen LogP contribution in [0, 0.1) is 0 Å². The number of carbonyl (C=O) groups excluding carboxylic acids is 1. The molecule has 0 saturated carbocycles. The Kier molecular flexibility index (Phi) is 3.89. The van der Waals surface area contributed by atoms with Gasteiger partial charge in [-0.2, -0.15) is 0 Å². The molecule has 1 aliphatic rings. The molecule has 106 valence electrons. The average molecular weight is 387 g/mol. The highest BCUT2D eigenvalue weighted by atomic mass is 79.9. The van der Waals surface area contributed by atoms with Crippen molar-refractivity contribution in [2.45, 2.75) is 0 Å². The molecule has 0 amide bonds. The normalized spacial score (nSPS) is 16.2. The van der Waals surface area contributed by atoms with Crippen LogP contribution in [0.3, 0.4) is 0 Å². The Morgan fingerprint density at radius 1 is 1.14 bits per heavy atom. The molecule has 0 aliphatic carbocycles. The van der Waals surface area contributed by atoms with E-state index >= 15 is 0 Å². The van der Waals surface area contributed by atoms with E-state index in [1.54, 1.807) is 36.4 Å². The van der Waals surface area contributed by atoms with Gasteiger partial charge < -0.3 is 9.15 Å². The molecule has 3 rings (SSSR count). The number of nitrogens with zero attached hydrogens (tertiary/aromatic N) is 1. The maximum atomic E-state index is 11.8. The summed E-state index contributed by atoms with van der Waals surface area (Å²) in [7, 11) is 0. The summed E-state index contributed by atoms with van der Waals surface area (Å²) in [4.78, 5) is 15.9. The zero-order valence-electron chi connectivity index (χ0n) is 10.3. The van der Waals surface area contributed by atoms with E-state index in [1.165, 1.54) is 0 Å². The van der Waals surface area contributed by atoms with Gasteiger partial charge in [0.05, 0.1) is 10.0 Å². The molecule has 2 heterocycles. The highest BCUT2D eigenvalue weighted by Crippen LogP contribution is 2.26. The molecule has 0 atom stereocenters. The van der Waals surface area contributed by atoms with Crippen LogP contribution < -0.4 is 0 Å². The Hall–Kier alpha value is -1.56. The van der Waals surface area contributed by atoms with Gasteiger partial charge >= 0.3 is 5.97 Å². The summed E-state index contributed by atoms with van der Waals surface area (Å²) < 4.78 is 10.9. The third-order valence-electron chi connectivity index (χ3n) is 2.65. The maximum absolute atomic E-state index is 11.8. The number of ether oxygens (including phenoxy) is 1. The summed E-state index contributed by atoms with van der Waals surface area (Å²) in [5.74, 6) is -0.0617. The number of halogens is 3. The molecule has 4 nitrogen and oxygen atoms in total. The molecule has 2 aromatic rings. The molecule has 0 unspecified atom stereocenters. The molecule has 1 aromatic heterocycles. The summed E-state index contributed by atoms with van der Waals surface area (Å²) >= 11 is 14.9. The monoisotopic (exact) mass is 385 g/mol. The number of carbonyl (C=O) groups is 1. The van der Waals surface area contributed by atoms with E-state index in [0.29, 0.717) is 26.0 Å². The fourth-order valence-electron chi connectivity index (χ4n) is 1.70. The molecule has 0 radical (unpaired) electrons. The molecule has 0 spiro atoms. The van der Waals surface area contributed by atoms with Gasteiger partial charge in [-0.3, -0.25) is 0 Å². The number of hydrogen-bond donors (Lipinski definition) is 0. The summed E-state index contributed by atoms with van der Waals surface area (Å²) in [6, 6.07) is 8.35. The Balaban J connectivity index is 1.94. The first-order valence-electron chi connectivity index (χ1n) is 5.76. The van der Waals surface area contributed by atoms with Gasteiger partial charge in [-0.25, -0.2) is 9.79 Å². The molecular formula is C14H6BrCl2NO3. The predicted molar refractivity (Wildman–Crippen MR) is 83.5 cm³/mol. The summed E-state index contributed by atoms with van der Waals surface area (Å²) in [5.41, 5.74) is 0.859. The second kappa shape index (κ2) is 5.67. The molecule has 0 bridgehead atoms. The molecule has 0 fully saturated rings. The lowest BCUT2D eigenvalue weighted by Crippen LogP contribution is -2.04.